The fourth-order valence-corrected chi connectivity index (χ4v) is 4.46. The number of benzene rings is 2. The molecule has 7 nitrogen and oxygen atoms in total. The Balaban J connectivity index is 1.99. The summed E-state index contributed by atoms with van der Waals surface area (Å²) in [5.41, 5.74) is 2.02. The molecule has 2 aromatic carbocycles. The summed E-state index contributed by atoms with van der Waals surface area (Å²) in [6, 6.07) is 9.81. The van der Waals surface area contributed by atoms with Crippen molar-refractivity contribution < 1.29 is 22.7 Å². The molecule has 0 aliphatic carbocycles. The van der Waals surface area contributed by atoms with E-state index in [1.807, 2.05) is 0 Å². The monoisotopic (exact) mass is 390 g/mol. The van der Waals surface area contributed by atoms with Crippen molar-refractivity contribution in [3.63, 3.8) is 0 Å². The van der Waals surface area contributed by atoms with E-state index in [2.05, 4.69) is 0 Å². The van der Waals surface area contributed by atoms with Gasteiger partial charge in [0.25, 0.3) is 10.0 Å². The molecule has 8 heteroatoms. The molecule has 0 bridgehead atoms. The SMILES string of the molecule is COc1ccc(N(C)S(=O)(=O)c2ccc3c(c2)CCN3C(C)=O)c(OC)c1. The number of carbonyl (C=O) groups is 1. The number of anilines is 2. The van der Waals surface area contributed by atoms with Crippen molar-refractivity contribution >= 4 is 27.3 Å². The van der Waals surface area contributed by atoms with Crippen LogP contribution in [-0.4, -0.2) is 42.1 Å². The number of methoxy groups -OCH3 is 2. The Labute approximate surface area is 159 Å². The molecule has 0 atom stereocenters. The van der Waals surface area contributed by atoms with Gasteiger partial charge in [-0.1, -0.05) is 0 Å². The van der Waals surface area contributed by atoms with Crippen LogP contribution in [0, 0.1) is 0 Å². The van der Waals surface area contributed by atoms with Crippen LogP contribution in [0.2, 0.25) is 0 Å². The molecule has 1 heterocycles. The first-order chi connectivity index (χ1) is 12.8. The standard InChI is InChI=1S/C19H22N2O5S/c1-13(22)21-10-9-14-11-16(6-8-17(14)21)27(23,24)20(2)18-7-5-15(25-3)12-19(18)26-4/h5-8,11-12H,9-10H2,1-4H3. The third-order valence-corrected chi connectivity index (χ3v) is 6.48. The van der Waals surface area contributed by atoms with E-state index in [0.29, 0.717) is 30.2 Å². The van der Waals surface area contributed by atoms with Gasteiger partial charge in [-0.05, 0) is 42.3 Å². The largest absolute Gasteiger partial charge is 0.497 e. The van der Waals surface area contributed by atoms with E-state index >= 15 is 0 Å². The lowest BCUT2D eigenvalue weighted by atomic mass is 10.2. The molecule has 0 fully saturated rings. The van der Waals surface area contributed by atoms with Crippen LogP contribution in [0.4, 0.5) is 11.4 Å². The van der Waals surface area contributed by atoms with Crippen molar-refractivity contribution in [2.24, 2.45) is 0 Å². The molecule has 1 amide bonds. The van der Waals surface area contributed by atoms with Gasteiger partial charge in [0.1, 0.15) is 11.5 Å². The van der Waals surface area contributed by atoms with Crippen LogP contribution >= 0.6 is 0 Å². The third kappa shape index (κ3) is 3.32. The van der Waals surface area contributed by atoms with Crippen LogP contribution in [0.25, 0.3) is 0 Å². The fourth-order valence-electron chi connectivity index (χ4n) is 3.20. The number of hydrogen-bond donors (Lipinski definition) is 0. The molecular weight excluding hydrogens is 368 g/mol. The van der Waals surface area contributed by atoms with Crippen molar-refractivity contribution in [3.8, 4) is 11.5 Å². The number of nitrogens with zero attached hydrogens (tertiary/aromatic N) is 2. The molecule has 1 aliphatic rings. The molecule has 3 rings (SSSR count). The minimum absolute atomic E-state index is 0.0514. The Morgan fingerprint density at radius 1 is 1.11 bits per heavy atom. The normalized spacial score (nSPS) is 13.3. The molecule has 144 valence electrons. The summed E-state index contributed by atoms with van der Waals surface area (Å²) < 4.78 is 37.9. The summed E-state index contributed by atoms with van der Waals surface area (Å²) in [5, 5.41) is 0. The van der Waals surface area contributed by atoms with Gasteiger partial charge in [0.15, 0.2) is 0 Å². The number of hydrogen-bond acceptors (Lipinski definition) is 5. The molecule has 0 radical (unpaired) electrons. The Morgan fingerprint density at radius 3 is 2.48 bits per heavy atom. The Bertz CT molecular complexity index is 988. The highest BCUT2D eigenvalue weighted by Gasteiger charge is 2.28. The van der Waals surface area contributed by atoms with Crippen molar-refractivity contribution in [1.29, 1.82) is 0 Å². The Morgan fingerprint density at radius 2 is 1.85 bits per heavy atom. The summed E-state index contributed by atoms with van der Waals surface area (Å²) in [6.45, 7) is 2.07. The minimum atomic E-state index is -3.79. The highest BCUT2D eigenvalue weighted by molar-refractivity contribution is 7.92. The molecule has 0 N–H and O–H groups in total. The minimum Gasteiger partial charge on any atom is -0.497 e. The van der Waals surface area contributed by atoms with E-state index in [4.69, 9.17) is 9.47 Å². The lowest BCUT2D eigenvalue weighted by Gasteiger charge is -2.22. The number of carbonyl (C=O) groups excluding carboxylic acids is 1. The predicted octanol–water partition coefficient (Wildman–Crippen LogP) is 2.44. The van der Waals surface area contributed by atoms with Gasteiger partial charge in [-0.2, -0.15) is 0 Å². The number of ether oxygens (including phenoxy) is 2. The van der Waals surface area contributed by atoms with E-state index in [1.165, 1.54) is 38.6 Å². The quantitative estimate of drug-likeness (QED) is 0.784. The van der Waals surface area contributed by atoms with Crippen LogP contribution in [-0.2, 0) is 21.2 Å². The number of fused-ring (bicyclic) bond motifs is 1. The topological polar surface area (TPSA) is 76.2 Å². The molecule has 2 aromatic rings. The molecule has 0 spiro atoms. The van der Waals surface area contributed by atoms with Gasteiger partial charge >= 0.3 is 0 Å². The maximum Gasteiger partial charge on any atom is 0.264 e. The molecule has 27 heavy (non-hydrogen) atoms. The molecule has 0 unspecified atom stereocenters. The van der Waals surface area contributed by atoms with E-state index in [-0.39, 0.29) is 10.8 Å². The van der Waals surface area contributed by atoms with Crippen molar-refractivity contribution in [3.05, 3.63) is 42.0 Å². The summed E-state index contributed by atoms with van der Waals surface area (Å²) in [5.74, 6) is 0.914. The molecule has 1 aliphatic heterocycles. The maximum atomic E-state index is 13.1. The van der Waals surface area contributed by atoms with Crippen LogP contribution < -0.4 is 18.7 Å². The zero-order valence-electron chi connectivity index (χ0n) is 15.7. The highest BCUT2D eigenvalue weighted by atomic mass is 32.2. The average molecular weight is 390 g/mol. The zero-order chi connectivity index (χ0) is 19.8. The lowest BCUT2D eigenvalue weighted by Crippen LogP contribution is -2.27. The number of amides is 1. The smallest absolute Gasteiger partial charge is 0.264 e. The first-order valence-corrected chi connectivity index (χ1v) is 9.85. The summed E-state index contributed by atoms with van der Waals surface area (Å²) in [7, 11) is 0.695. The first kappa shape index (κ1) is 19.0. The van der Waals surface area contributed by atoms with Crippen molar-refractivity contribution in [1.82, 2.24) is 0 Å². The Hall–Kier alpha value is -2.74. The predicted molar refractivity (Wildman–Crippen MR) is 103 cm³/mol. The van der Waals surface area contributed by atoms with Crippen molar-refractivity contribution in [2.75, 3.05) is 37.0 Å². The summed E-state index contributed by atoms with van der Waals surface area (Å²) in [6.07, 6.45) is 0.633. The van der Waals surface area contributed by atoms with Gasteiger partial charge in [-0.25, -0.2) is 8.42 Å². The van der Waals surface area contributed by atoms with Gasteiger partial charge in [0, 0.05) is 32.3 Å². The third-order valence-electron chi connectivity index (χ3n) is 4.71. The average Bonchev–Trinajstić information content (AvgIpc) is 3.10. The number of sulfonamides is 1. The van der Waals surface area contributed by atoms with E-state index < -0.39 is 10.0 Å². The first-order valence-electron chi connectivity index (χ1n) is 8.41. The maximum absolute atomic E-state index is 13.1. The second-order valence-electron chi connectivity index (χ2n) is 6.22. The molecule has 0 aromatic heterocycles. The van der Waals surface area contributed by atoms with E-state index in [1.54, 1.807) is 35.2 Å². The van der Waals surface area contributed by atoms with Gasteiger partial charge in [-0.3, -0.25) is 9.10 Å². The van der Waals surface area contributed by atoms with E-state index in [9.17, 15) is 13.2 Å². The van der Waals surface area contributed by atoms with Gasteiger partial charge in [0.05, 0.1) is 24.8 Å². The zero-order valence-corrected chi connectivity index (χ0v) is 16.5. The summed E-state index contributed by atoms with van der Waals surface area (Å²) in [4.78, 5) is 13.5. The number of rotatable bonds is 5. The molecular formula is C19H22N2O5S. The van der Waals surface area contributed by atoms with Crippen LogP contribution in [0.15, 0.2) is 41.3 Å². The second-order valence-corrected chi connectivity index (χ2v) is 8.19. The van der Waals surface area contributed by atoms with Gasteiger partial charge < -0.3 is 14.4 Å². The Kier molecular flexibility index (Phi) is 5.01. The van der Waals surface area contributed by atoms with Crippen LogP contribution in [0.3, 0.4) is 0 Å². The van der Waals surface area contributed by atoms with E-state index in [0.717, 1.165) is 11.3 Å². The second kappa shape index (κ2) is 7.11. The van der Waals surface area contributed by atoms with Gasteiger partial charge in [0.2, 0.25) is 5.91 Å². The van der Waals surface area contributed by atoms with Gasteiger partial charge in [-0.15, -0.1) is 0 Å². The van der Waals surface area contributed by atoms with Crippen molar-refractivity contribution in [2.45, 2.75) is 18.2 Å². The lowest BCUT2D eigenvalue weighted by molar-refractivity contribution is -0.116. The van der Waals surface area contributed by atoms with Crippen LogP contribution in [0.1, 0.15) is 12.5 Å². The highest BCUT2D eigenvalue weighted by Crippen LogP contribution is 2.36. The van der Waals surface area contributed by atoms with Crippen LogP contribution in [0.5, 0.6) is 11.5 Å². The summed E-state index contributed by atoms with van der Waals surface area (Å²) >= 11 is 0. The molecule has 0 saturated carbocycles. The fraction of sp³-hybridized carbons (Fsp3) is 0.316. The molecule has 0 saturated heterocycles.